The molecule has 1 aromatic rings. The normalized spacial score (nSPS) is 26.1. The van der Waals surface area contributed by atoms with E-state index in [1.807, 2.05) is 19.1 Å². The number of hydrogen-bond acceptors (Lipinski definition) is 3. The van der Waals surface area contributed by atoms with Gasteiger partial charge in [-0.1, -0.05) is 13.8 Å². The van der Waals surface area contributed by atoms with Crippen molar-refractivity contribution in [3.05, 3.63) is 18.2 Å². The standard InChI is InChI=1S/C17H27NO2/c1-5-20-17-11-14(6-7-16(17)19-4)18-15-9-12(2)8-13(3)10-15/h6-7,11-13,15,18H,5,8-10H2,1-4H3. The molecule has 1 aliphatic carbocycles. The number of anilines is 1. The van der Waals surface area contributed by atoms with Gasteiger partial charge < -0.3 is 14.8 Å². The van der Waals surface area contributed by atoms with Crippen LogP contribution in [0.2, 0.25) is 0 Å². The van der Waals surface area contributed by atoms with Crippen molar-refractivity contribution in [2.45, 2.75) is 46.1 Å². The van der Waals surface area contributed by atoms with Crippen LogP contribution >= 0.6 is 0 Å². The first-order valence-electron chi connectivity index (χ1n) is 7.69. The number of rotatable bonds is 5. The summed E-state index contributed by atoms with van der Waals surface area (Å²) in [5, 5.41) is 3.66. The first-order chi connectivity index (χ1) is 9.62. The first-order valence-corrected chi connectivity index (χ1v) is 7.69. The van der Waals surface area contributed by atoms with E-state index in [2.05, 4.69) is 25.2 Å². The molecule has 0 aliphatic heterocycles. The molecule has 2 rings (SSSR count). The van der Waals surface area contributed by atoms with E-state index in [-0.39, 0.29) is 0 Å². The highest BCUT2D eigenvalue weighted by Gasteiger charge is 2.23. The Morgan fingerprint density at radius 3 is 2.40 bits per heavy atom. The molecule has 1 fully saturated rings. The highest BCUT2D eigenvalue weighted by atomic mass is 16.5. The second-order valence-corrected chi connectivity index (χ2v) is 6.06. The average molecular weight is 277 g/mol. The Kier molecular flexibility index (Phi) is 5.16. The van der Waals surface area contributed by atoms with E-state index in [1.165, 1.54) is 19.3 Å². The van der Waals surface area contributed by atoms with Crippen molar-refractivity contribution < 1.29 is 9.47 Å². The van der Waals surface area contributed by atoms with Crippen LogP contribution < -0.4 is 14.8 Å². The molecule has 3 nitrogen and oxygen atoms in total. The van der Waals surface area contributed by atoms with Crippen LogP contribution in [0.4, 0.5) is 5.69 Å². The quantitative estimate of drug-likeness (QED) is 0.869. The highest BCUT2D eigenvalue weighted by molar-refractivity contribution is 5.55. The van der Waals surface area contributed by atoms with Gasteiger partial charge in [0.15, 0.2) is 11.5 Å². The number of ether oxygens (including phenoxy) is 2. The SMILES string of the molecule is CCOc1cc(NC2CC(C)CC(C)C2)ccc1OC. The summed E-state index contributed by atoms with van der Waals surface area (Å²) >= 11 is 0. The van der Waals surface area contributed by atoms with E-state index in [4.69, 9.17) is 9.47 Å². The molecule has 1 N–H and O–H groups in total. The Bertz CT molecular complexity index is 423. The van der Waals surface area contributed by atoms with E-state index in [9.17, 15) is 0 Å². The summed E-state index contributed by atoms with van der Waals surface area (Å²) in [5.74, 6) is 3.22. The molecule has 0 heterocycles. The lowest BCUT2D eigenvalue weighted by molar-refractivity contribution is 0.280. The van der Waals surface area contributed by atoms with Crippen LogP contribution in [0.1, 0.15) is 40.0 Å². The minimum atomic E-state index is 0.566. The van der Waals surface area contributed by atoms with E-state index in [0.717, 1.165) is 29.0 Å². The van der Waals surface area contributed by atoms with Crippen molar-refractivity contribution in [2.24, 2.45) is 11.8 Å². The molecule has 3 heteroatoms. The molecule has 1 saturated carbocycles. The smallest absolute Gasteiger partial charge is 0.163 e. The Morgan fingerprint density at radius 1 is 1.10 bits per heavy atom. The number of hydrogen-bond donors (Lipinski definition) is 1. The molecular formula is C17H27NO2. The van der Waals surface area contributed by atoms with Crippen LogP contribution in [-0.4, -0.2) is 19.8 Å². The predicted octanol–water partition coefficient (Wildman–Crippen LogP) is 4.33. The monoisotopic (exact) mass is 277 g/mol. The third-order valence-corrected chi connectivity index (χ3v) is 4.01. The van der Waals surface area contributed by atoms with Crippen LogP contribution in [0.15, 0.2) is 18.2 Å². The lowest BCUT2D eigenvalue weighted by Gasteiger charge is -2.32. The third-order valence-electron chi connectivity index (χ3n) is 4.01. The molecule has 1 aromatic carbocycles. The van der Waals surface area contributed by atoms with Gasteiger partial charge in [0.05, 0.1) is 13.7 Å². The van der Waals surface area contributed by atoms with Crippen molar-refractivity contribution in [2.75, 3.05) is 19.0 Å². The van der Waals surface area contributed by atoms with Crippen molar-refractivity contribution in [1.29, 1.82) is 0 Å². The number of benzene rings is 1. The maximum Gasteiger partial charge on any atom is 0.163 e. The Labute approximate surface area is 122 Å². The van der Waals surface area contributed by atoms with Gasteiger partial charge in [0, 0.05) is 17.8 Å². The fourth-order valence-electron chi connectivity index (χ4n) is 3.34. The van der Waals surface area contributed by atoms with Crippen molar-refractivity contribution in [3.8, 4) is 11.5 Å². The average Bonchev–Trinajstić information content (AvgIpc) is 2.38. The van der Waals surface area contributed by atoms with E-state index < -0.39 is 0 Å². The second-order valence-electron chi connectivity index (χ2n) is 6.06. The first kappa shape index (κ1) is 15.0. The number of nitrogens with one attached hydrogen (secondary N) is 1. The van der Waals surface area contributed by atoms with Gasteiger partial charge in [-0.05, 0) is 50.2 Å². The maximum absolute atomic E-state index is 5.63. The molecule has 0 bridgehead atoms. The summed E-state index contributed by atoms with van der Waals surface area (Å²) in [6.07, 6.45) is 3.85. The Hall–Kier alpha value is -1.38. The van der Waals surface area contributed by atoms with Crippen molar-refractivity contribution >= 4 is 5.69 Å². The fourth-order valence-corrected chi connectivity index (χ4v) is 3.34. The van der Waals surface area contributed by atoms with Crippen LogP contribution in [0, 0.1) is 11.8 Å². The molecule has 0 saturated heterocycles. The molecule has 0 aromatic heterocycles. The van der Waals surface area contributed by atoms with Crippen LogP contribution in [-0.2, 0) is 0 Å². The van der Waals surface area contributed by atoms with Crippen molar-refractivity contribution in [3.63, 3.8) is 0 Å². The molecule has 0 spiro atoms. The lowest BCUT2D eigenvalue weighted by atomic mass is 9.80. The summed E-state index contributed by atoms with van der Waals surface area (Å²) in [5.41, 5.74) is 1.13. The molecule has 0 amide bonds. The molecule has 2 unspecified atom stereocenters. The lowest BCUT2D eigenvalue weighted by Crippen LogP contribution is -2.30. The largest absolute Gasteiger partial charge is 0.493 e. The van der Waals surface area contributed by atoms with Gasteiger partial charge in [-0.25, -0.2) is 0 Å². The molecule has 0 radical (unpaired) electrons. The highest BCUT2D eigenvalue weighted by Crippen LogP contribution is 2.33. The van der Waals surface area contributed by atoms with Gasteiger partial charge in [-0.2, -0.15) is 0 Å². The van der Waals surface area contributed by atoms with Gasteiger partial charge in [0.1, 0.15) is 0 Å². The molecule has 112 valence electrons. The van der Waals surface area contributed by atoms with Crippen LogP contribution in [0.3, 0.4) is 0 Å². The van der Waals surface area contributed by atoms with Crippen LogP contribution in [0.25, 0.3) is 0 Å². The van der Waals surface area contributed by atoms with E-state index in [0.29, 0.717) is 12.6 Å². The van der Waals surface area contributed by atoms with E-state index >= 15 is 0 Å². The van der Waals surface area contributed by atoms with Gasteiger partial charge in [-0.15, -0.1) is 0 Å². The fraction of sp³-hybridized carbons (Fsp3) is 0.647. The number of methoxy groups -OCH3 is 1. The summed E-state index contributed by atoms with van der Waals surface area (Å²) < 4.78 is 11.0. The van der Waals surface area contributed by atoms with Crippen LogP contribution in [0.5, 0.6) is 11.5 Å². The minimum Gasteiger partial charge on any atom is -0.493 e. The third kappa shape index (κ3) is 3.81. The summed E-state index contributed by atoms with van der Waals surface area (Å²) in [4.78, 5) is 0. The Balaban J connectivity index is 2.07. The van der Waals surface area contributed by atoms with Gasteiger partial charge >= 0.3 is 0 Å². The zero-order chi connectivity index (χ0) is 14.5. The maximum atomic E-state index is 5.63. The summed E-state index contributed by atoms with van der Waals surface area (Å²) in [7, 11) is 1.68. The molecular weight excluding hydrogens is 250 g/mol. The van der Waals surface area contributed by atoms with Crippen molar-refractivity contribution in [1.82, 2.24) is 0 Å². The van der Waals surface area contributed by atoms with Gasteiger partial charge in [-0.3, -0.25) is 0 Å². The summed E-state index contributed by atoms with van der Waals surface area (Å²) in [6, 6.07) is 6.66. The second kappa shape index (κ2) is 6.87. The van der Waals surface area contributed by atoms with E-state index in [1.54, 1.807) is 7.11 Å². The molecule has 2 atom stereocenters. The Morgan fingerprint density at radius 2 is 1.80 bits per heavy atom. The summed E-state index contributed by atoms with van der Waals surface area (Å²) in [6.45, 7) is 7.34. The predicted molar refractivity (Wildman–Crippen MR) is 83.8 cm³/mol. The topological polar surface area (TPSA) is 30.5 Å². The molecule has 20 heavy (non-hydrogen) atoms. The van der Waals surface area contributed by atoms with Gasteiger partial charge in [0.25, 0.3) is 0 Å². The van der Waals surface area contributed by atoms with Gasteiger partial charge in [0.2, 0.25) is 0 Å². The minimum absolute atomic E-state index is 0.566. The zero-order valence-corrected chi connectivity index (χ0v) is 13.1. The molecule has 1 aliphatic rings. The zero-order valence-electron chi connectivity index (χ0n) is 13.1.